The van der Waals surface area contributed by atoms with Crippen LogP contribution in [0, 0.1) is 29.6 Å². The normalized spacial score (nSPS) is 15.5. The molecule has 0 radical (unpaired) electrons. The summed E-state index contributed by atoms with van der Waals surface area (Å²) in [6.07, 6.45) is 0. The third-order valence-electron chi connectivity index (χ3n) is 4.81. The van der Waals surface area contributed by atoms with Gasteiger partial charge in [0.2, 0.25) is 5.88 Å². The molecule has 0 spiro atoms. The highest BCUT2D eigenvalue weighted by Gasteiger charge is 2.37. The van der Waals surface area contributed by atoms with Gasteiger partial charge in [-0.15, -0.1) is 0 Å². The molecule has 1 aromatic heterocycles. The molecule has 0 amide bonds. The van der Waals surface area contributed by atoms with E-state index in [2.05, 4.69) is 17.1 Å². The summed E-state index contributed by atoms with van der Waals surface area (Å²) in [7, 11) is 2.81. The summed E-state index contributed by atoms with van der Waals surface area (Å²) in [4.78, 5) is 17.2. The fourth-order valence-corrected chi connectivity index (χ4v) is 4.21. The zero-order valence-electron chi connectivity index (χ0n) is 17.7. The smallest absolute Gasteiger partial charge is 0.338 e. The third-order valence-corrected chi connectivity index (χ3v) is 5.80. The first-order valence-corrected chi connectivity index (χ1v) is 10.5. The highest BCUT2D eigenvalue weighted by molar-refractivity contribution is 7.99. The molecule has 1 aliphatic heterocycles. The molecule has 0 fully saturated rings. The van der Waals surface area contributed by atoms with Crippen LogP contribution in [0.3, 0.4) is 0 Å². The molecule has 32 heavy (non-hydrogen) atoms. The van der Waals surface area contributed by atoms with Gasteiger partial charge in [-0.05, 0) is 36.8 Å². The number of benzene rings is 1. The topological polar surface area (TPSA) is 131 Å². The van der Waals surface area contributed by atoms with Crippen LogP contribution < -0.4 is 10.5 Å². The molecule has 0 bridgehead atoms. The van der Waals surface area contributed by atoms with Crippen LogP contribution in [-0.4, -0.2) is 30.9 Å². The molecule has 162 valence electrons. The number of rotatable bonds is 6. The van der Waals surface area contributed by atoms with Crippen molar-refractivity contribution in [2.24, 2.45) is 5.73 Å². The highest BCUT2D eigenvalue weighted by Crippen LogP contribution is 2.41. The number of esters is 1. The molecule has 1 aromatic carbocycles. The van der Waals surface area contributed by atoms with Crippen molar-refractivity contribution in [3.63, 3.8) is 0 Å². The number of carbonyl (C=O) groups is 1. The van der Waals surface area contributed by atoms with Gasteiger partial charge in [-0.2, -0.15) is 10.5 Å². The van der Waals surface area contributed by atoms with Gasteiger partial charge in [0.05, 0.1) is 37.0 Å². The number of aromatic nitrogens is 1. The maximum absolute atomic E-state index is 12.8. The number of aryl methyl sites for hydroxylation is 1. The number of thioether (sulfide) groups is 1. The second-order valence-corrected chi connectivity index (χ2v) is 7.70. The molecule has 9 heteroatoms. The molecule has 2 heterocycles. The Balaban J connectivity index is 2.08. The van der Waals surface area contributed by atoms with E-state index in [4.69, 9.17) is 19.9 Å². The van der Waals surface area contributed by atoms with Crippen molar-refractivity contribution in [1.29, 1.82) is 10.5 Å². The Labute approximate surface area is 189 Å². The minimum absolute atomic E-state index is 0.0886. The maximum Gasteiger partial charge on any atom is 0.338 e. The highest BCUT2D eigenvalue weighted by atomic mass is 32.2. The van der Waals surface area contributed by atoms with Crippen molar-refractivity contribution in [3.05, 3.63) is 76.0 Å². The van der Waals surface area contributed by atoms with E-state index in [1.54, 1.807) is 43.5 Å². The van der Waals surface area contributed by atoms with Gasteiger partial charge < -0.3 is 19.9 Å². The summed E-state index contributed by atoms with van der Waals surface area (Å²) in [6.45, 7) is 1.82. The summed E-state index contributed by atoms with van der Waals surface area (Å²) in [6, 6.07) is 14.6. The maximum atomic E-state index is 12.8. The van der Waals surface area contributed by atoms with E-state index in [9.17, 15) is 15.3 Å². The van der Waals surface area contributed by atoms with Gasteiger partial charge in [0, 0.05) is 5.69 Å². The number of hydrogen-bond donors (Lipinski definition) is 1. The van der Waals surface area contributed by atoms with Crippen LogP contribution in [0.2, 0.25) is 0 Å². The molecule has 0 unspecified atom stereocenters. The molecule has 3 rings (SSSR count). The van der Waals surface area contributed by atoms with E-state index in [0.29, 0.717) is 21.9 Å². The van der Waals surface area contributed by atoms with Crippen molar-refractivity contribution in [1.82, 2.24) is 4.98 Å². The van der Waals surface area contributed by atoms with E-state index >= 15 is 0 Å². The molecule has 8 nitrogen and oxygen atoms in total. The van der Waals surface area contributed by atoms with Gasteiger partial charge in [0.1, 0.15) is 34.2 Å². The first kappa shape index (κ1) is 22.7. The number of ether oxygens (including phenoxy) is 3. The minimum atomic E-state index is -0.774. The Morgan fingerprint density at radius 1 is 1.19 bits per heavy atom. The lowest BCUT2D eigenvalue weighted by molar-refractivity contribution is -0.136. The van der Waals surface area contributed by atoms with Gasteiger partial charge in [-0.3, -0.25) is 0 Å². The van der Waals surface area contributed by atoms with Crippen molar-refractivity contribution < 1.29 is 19.0 Å². The quantitative estimate of drug-likeness (QED) is 0.522. The standard InChI is InChI=1S/C23H20N4O4S/c1-13-4-5-15(10-24)22(27-13)32-12-18-20(23(28)30-3)19(17(11-25)21(26)31-18)14-6-8-16(29-2)9-7-14/h4-9,19H,12,26H2,1-3H3/t19-/m0/s1. The van der Waals surface area contributed by atoms with E-state index < -0.39 is 11.9 Å². The number of nitrogens with two attached hydrogens (primary N) is 1. The van der Waals surface area contributed by atoms with Crippen LogP contribution in [0.4, 0.5) is 0 Å². The number of nitrogens with zero attached hydrogens (tertiary/aromatic N) is 3. The molecule has 0 aliphatic carbocycles. The summed E-state index contributed by atoms with van der Waals surface area (Å²) >= 11 is 1.23. The third kappa shape index (κ3) is 4.53. The summed E-state index contributed by atoms with van der Waals surface area (Å²) < 4.78 is 15.9. The second kappa shape index (κ2) is 9.90. The zero-order chi connectivity index (χ0) is 23.3. The van der Waals surface area contributed by atoms with Crippen LogP contribution in [0.1, 0.15) is 22.7 Å². The van der Waals surface area contributed by atoms with Crippen LogP contribution in [0.5, 0.6) is 5.75 Å². The van der Waals surface area contributed by atoms with Crippen LogP contribution in [-0.2, 0) is 14.3 Å². The molecule has 2 N–H and O–H groups in total. The van der Waals surface area contributed by atoms with E-state index in [-0.39, 0.29) is 28.5 Å². The first-order valence-electron chi connectivity index (χ1n) is 9.46. The monoisotopic (exact) mass is 448 g/mol. The van der Waals surface area contributed by atoms with Crippen LogP contribution >= 0.6 is 11.8 Å². The first-order chi connectivity index (χ1) is 15.4. The molecule has 2 aromatic rings. The predicted octanol–water partition coefficient (Wildman–Crippen LogP) is 3.30. The van der Waals surface area contributed by atoms with E-state index in [0.717, 1.165) is 5.69 Å². The Hall–Kier alpha value is -3.95. The molecular weight excluding hydrogens is 428 g/mol. The fraction of sp³-hybridized carbons (Fsp3) is 0.217. The molecule has 1 atom stereocenters. The van der Waals surface area contributed by atoms with Gasteiger partial charge in [-0.1, -0.05) is 23.9 Å². The molecular formula is C23H20N4O4S. The summed E-state index contributed by atoms with van der Waals surface area (Å²) in [5.41, 5.74) is 8.15. The van der Waals surface area contributed by atoms with Gasteiger partial charge in [-0.25, -0.2) is 9.78 Å². The zero-order valence-corrected chi connectivity index (χ0v) is 18.5. The van der Waals surface area contributed by atoms with Gasteiger partial charge in [0.25, 0.3) is 0 Å². The van der Waals surface area contributed by atoms with Crippen molar-refractivity contribution in [2.45, 2.75) is 17.9 Å². The average Bonchev–Trinajstić information content (AvgIpc) is 2.81. The fourth-order valence-electron chi connectivity index (χ4n) is 3.25. The van der Waals surface area contributed by atoms with Gasteiger partial charge >= 0.3 is 5.97 Å². The van der Waals surface area contributed by atoms with E-state index in [1.165, 1.54) is 18.9 Å². The Bertz CT molecular complexity index is 1190. The Morgan fingerprint density at radius 3 is 2.50 bits per heavy atom. The average molecular weight is 449 g/mol. The van der Waals surface area contributed by atoms with Crippen LogP contribution in [0.25, 0.3) is 0 Å². The lowest BCUT2D eigenvalue weighted by atomic mass is 9.83. The molecule has 1 aliphatic rings. The molecule has 0 saturated carbocycles. The lowest BCUT2D eigenvalue weighted by Gasteiger charge is -2.28. The van der Waals surface area contributed by atoms with Crippen molar-refractivity contribution in [3.8, 4) is 17.9 Å². The van der Waals surface area contributed by atoms with Crippen molar-refractivity contribution in [2.75, 3.05) is 20.0 Å². The SMILES string of the molecule is COC(=O)C1=C(CSc2nc(C)ccc2C#N)OC(N)=C(C#N)[C@@H]1c1ccc(OC)cc1. The van der Waals surface area contributed by atoms with Crippen LogP contribution in [0.15, 0.2) is 64.2 Å². The summed E-state index contributed by atoms with van der Waals surface area (Å²) in [5.74, 6) is -0.476. The Morgan fingerprint density at radius 2 is 1.91 bits per heavy atom. The lowest BCUT2D eigenvalue weighted by Crippen LogP contribution is -2.26. The second-order valence-electron chi connectivity index (χ2n) is 6.73. The number of allylic oxidation sites excluding steroid dienone is 1. The number of nitriles is 2. The summed E-state index contributed by atoms with van der Waals surface area (Å²) in [5, 5.41) is 19.6. The number of methoxy groups -OCH3 is 2. The minimum Gasteiger partial charge on any atom is -0.497 e. The number of pyridine rings is 1. The predicted molar refractivity (Wildman–Crippen MR) is 117 cm³/mol. The number of carbonyl (C=O) groups excluding carboxylic acids is 1. The van der Waals surface area contributed by atoms with Crippen molar-refractivity contribution >= 4 is 17.7 Å². The largest absolute Gasteiger partial charge is 0.497 e. The van der Waals surface area contributed by atoms with Gasteiger partial charge in [0.15, 0.2) is 0 Å². The van der Waals surface area contributed by atoms with E-state index in [1.807, 2.05) is 6.92 Å². The Kier molecular flexibility index (Phi) is 7.04. The number of hydrogen-bond acceptors (Lipinski definition) is 9. The molecule has 0 saturated heterocycles.